The van der Waals surface area contributed by atoms with Gasteiger partial charge in [-0.15, -0.1) is 11.3 Å². The molecule has 0 spiro atoms. The van der Waals surface area contributed by atoms with E-state index < -0.39 is 17.7 Å². The maximum atomic E-state index is 12.7. The summed E-state index contributed by atoms with van der Waals surface area (Å²) < 4.78 is 0. The number of carbonyl (C=O) groups excluding carboxylic acids is 2. The highest BCUT2D eigenvalue weighted by atomic mass is 32.1. The summed E-state index contributed by atoms with van der Waals surface area (Å²) in [4.78, 5) is 27.6. The minimum Gasteiger partial charge on any atom is -0.503 e. The molecule has 0 saturated carbocycles. The molecule has 0 radical (unpaired) electrons. The van der Waals surface area contributed by atoms with E-state index in [0.717, 1.165) is 21.7 Å². The largest absolute Gasteiger partial charge is 0.503 e. The molecule has 5 heteroatoms. The molecule has 1 amide bonds. The standard InChI is InChI=1S/C19H19NO3S/c1-4-14(21)16-17(15-6-5-9-24-15)20(19(23)18(16)22)13-8-7-11(2)10-12(13)3/h5-10,17,22H,4H2,1-3H3. The van der Waals surface area contributed by atoms with Crippen molar-refractivity contribution in [3.05, 3.63) is 63.0 Å². The zero-order valence-electron chi connectivity index (χ0n) is 13.9. The van der Waals surface area contributed by atoms with Crippen LogP contribution in [0.5, 0.6) is 0 Å². The van der Waals surface area contributed by atoms with Crippen LogP contribution in [0.1, 0.15) is 35.4 Å². The van der Waals surface area contributed by atoms with E-state index >= 15 is 0 Å². The summed E-state index contributed by atoms with van der Waals surface area (Å²) in [6.45, 7) is 5.65. The lowest BCUT2D eigenvalue weighted by molar-refractivity contribution is -0.118. The van der Waals surface area contributed by atoms with Crippen molar-refractivity contribution >= 4 is 28.7 Å². The molecule has 24 heavy (non-hydrogen) atoms. The van der Waals surface area contributed by atoms with Crippen LogP contribution in [0.15, 0.2) is 47.0 Å². The van der Waals surface area contributed by atoms with Crippen molar-refractivity contribution < 1.29 is 14.7 Å². The number of aliphatic hydroxyl groups is 1. The van der Waals surface area contributed by atoms with Gasteiger partial charge in [-0.25, -0.2) is 0 Å². The van der Waals surface area contributed by atoms with Crippen molar-refractivity contribution in [3.63, 3.8) is 0 Å². The van der Waals surface area contributed by atoms with Crippen LogP contribution in [0.4, 0.5) is 5.69 Å². The quantitative estimate of drug-likeness (QED) is 0.905. The first-order valence-corrected chi connectivity index (χ1v) is 8.74. The van der Waals surface area contributed by atoms with Crippen LogP contribution in [-0.4, -0.2) is 16.8 Å². The predicted octanol–water partition coefficient (Wildman–Crippen LogP) is 4.24. The summed E-state index contributed by atoms with van der Waals surface area (Å²) in [5.74, 6) is -1.15. The molecule has 1 unspecified atom stereocenters. The van der Waals surface area contributed by atoms with Crippen LogP contribution in [-0.2, 0) is 9.59 Å². The summed E-state index contributed by atoms with van der Waals surface area (Å²) in [6, 6.07) is 9.00. The van der Waals surface area contributed by atoms with E-state index in [1.807, 2.05) is 49.6 Å². The van der Waals surface area contributed by atoms with Crippen LogP contribution < -0.4 is 4.90 Å². The Kier molecular flexibility index (Phi) is 4.28. The van der Waals surface area contributed by atoms with Crippen LogP contribution in [0.25, 0.3) is 0 Å². The molecule has 0 saturated heterocycles. The number of rotatable bonds is 4. The molecule has 2 heterocycles. The van der Waals surface area contributed by atoms with Gasteiger partial charge in [0, 0.05) is 17.0 Å². The molecule has 3 rings (SSSR count). The molecule has 1 N–H and O–H groups in total. The lowest BCUT2D eigenvalue weighted by Gasteiger charge is -2.27. The number of Topliss-reactive ketones (excluding diaryl/α,β-unsaturated/α-hetero) is 1. The fourth-order valence-electron chi connectivity index (χ4n) is 3.12. The Morgan fingerprint density at radius 3 is 2.62 bits per heavy atom. The number of carbonyl (C=O) groups is 2. The number of ketones is 1. The van der Waals surface area contributed by atoms with Crippen molar-refractivity contribution in [2.24, 2.45) is 0 Å². The maximum absolute atomic E-state index is 12.7. The molecule has 0 aliphatic carbocycles. The van der Waals surface area contributed by atoms with Gasteiger partial charge >= 0.3 is 0 Å². The third-order valence-corrected chi connectivity index (χ3v) is 5.18. The summed E-state index contributed by atoms with van der Waals surface area (Å²) in [5, 5.41) is 12.3. The number of aliphatic hydroxyl groups excluding tert-OH is 1. The van der Waals surface area contributed by atoms with Crippen molar-refractivity contribution in [1.82, 2.24) is 0 Å². The number of thiophene rings is 1. The van der Waals surface area contributed by atoms with Gasteiger partial charge in [-0.3, -0.25) is 14.5 Å². The second-order valence-electron chi connectivity index (χ2n) is 5.92. The number of hydrogen-bond donors (Lipinski definition) is 1. The summed E-state index contributed by atoms with van der Waals surface area (Å²) in [6.07, 6.45) is 0.245. The van der Waals surface area contributed by atoms with E-state index in [0.29, 0.717) is 0 Å². The fourth-order valence-corrected chi connectivity index (χ4v) is 3.94. The van der Waals surface area contributed by atoms with Crippen molar-refractivity contribution in [3.8, 4) is 0 Å². The number of amides is 1. The molecular formula is C19H19NO3S. The lowest BCUT2D eigenvalue weighted by Crippen LogP contribution is -2.31. The highest BCUT2D eigenvalue weighted by Gasteiger charge is 2.44. The van der Waals surface area contributed by atoms with E-state index in [4.69, 9.17) is 0 Å². The van der Waals surface area contributed by atoms with Crippen molar-refractivity contribution in [1.29, 1.82) is 0 Å². The van der Waals surface area contributed by atoms with Gasteiger partial charge in [0.1, 0.15) is 6.04 Å². The molecule has 124 valence electrons. The van der Waals surface area contributed by atoms with Gasteiger partial charge < -0.3 is 5.11 Å². The Hall–Kier alpha value is -2.40. The number of anilines is 1. The first-order valence-electron chi connectivity index (χ1n) is 7.86. The molecule has 1 aromatic heterocycles. The average molecular weight is 341 g/mol. The van der Waals surface area contributed by atoms with Crippen LogP contribution in [0, 0.1) is 13.8 Å². The third-order valence-electron chi connectivity index (χ3n) is 4.25. The van der Waals surface area contributed by atoms with Gasteiger partial charge in [-0.1, -0.05) is 30.7 Å². The first kappa shape index (κ1) is 16.5. The Morgan fingerprint density at radius 2 is 2.04 bits per heavy atom. The van der Waals surface area contributed by atoms with Gasteiger partial charge in [0.25, 0.3) is 5.91 Å². The first-order chi connectivity index (χ1) is 11.5. The van der Waals surface area contributed by atoms with E-state index in [2.05, 4.69) is 0 Å². The minimum atomic E-state index is -0.564. The van der Waals surface area contributed by atoms with E-state index in [9.17, 15) is 14.7 Å². The van der Waals surface area contributed by atoms with E-state index in [1.165, 1.54) is 11.3 Å². The van der Waals surface area contributed by atoms with Crippen molar-refractivity contribution in [2.75, 3.05) is 4.90 Å². The number of benzene rings is 1. The molecule has 1 aromatic carbocycles. The zero-order valence-corrected chi connectivity index (χ0v) is 14.7. The van der Waals surface area contributed by atoms with Crippen LogP contribution in [0.2, 0.25) is 0 Å². The zero-order chi connectivity index (χ0) is 17.4. The van der Waals surface area contributed by atoms with Gasteiger partial charge in [-0.2, -0.15) is 0 Å². The van der Waals surface area contributed by atoms with Gasteiger partial charge in [0.2, 0.25) is 0 Å². The Bertz CT molecular complexity index is 836. The Balaban J connectivity index is 2.18. The molecule has 0 fully saturated rings. The van der Waals surface area contributed by atoms with Gasteiger partial charge in [0.05, 0.1) is 5.57 Å². The average Bonchev–Trinajstić information content (AvgIpc) is 3.15. The van der Waals surface area contributed by atoms with Crippen LogP contribution in [0.3, 0.4) is 0 Å². The summed E-state index contributed by atoms with van der Waals surface area (Å²) in [7, 11) is 0. The molecule has 1 atom stereocenters. The monoisotopic (exact) mass is 341 g/mol. The maximum Gasteiger partial charge on any atom is 0.294 e. The second-order valence-corrected chi connectivity index (χ2v) is 6.90. The number of hydrogen-bond acceptors (Lipinski definition) is 4. The number of aryl methyl sites for hydroxylation is 2. The second kappa shape index (κ2) is 6.24. The van der Waals surface area contributed by atoms with Gasteiger partial charge in [0.15, 0.2) is 11.5 Å². The molecular weight excluding hydrogens is 322 g/mol. The Morgan fingerprint density at radius 1 is 1.29 bits per heavy atom. The normalized spacial score (nSPS) is 17.7. The molecule has 2 aromatic rings. The fraction of sp³-hybridized carbons (Fsp3) is 0.263. The smallest absolute Gasteiger partial charge is 0.294 e. The lowest BCUT2D eigenvalue weighted by atomic mass is 9.99. The topological polar surface area (TPSA) is 57.6 Å². The van der Waals surface area contributed by atoms with Gasteiger partial charge in [-0.05, 0) is 36.9 Å². The molecule has 0 bridgehead atoms. The summed E-state index contributed by atoms with van der Waals surface area (Å²) in [5.41, 5.74) is 2.94. The highest BCUT2D eigenvalue weighted by molar-refractivity contribution is 7.10. The molecule has 1 aliphatic rings. The predicted molar refractivity (Wildman–Crippen MR) is 95.4 cm³/mol. The Labute approximate surface area is 145 Å². The number of nitrogens with zero attached hydrogens (tertiary/aromatic N) is 1. The van der Waals surface area contributed by atoms with Crippen LogP contribution >= 0.6 is 11.3 Å². The molecule has 1 aliphatic heterocycles. The summed E-state index contributed by atoms with van der Waals surface area (Å²) >= 11 is 1.47. The van der Waals surface area contributed by atoms with Crippen molar-refractivity contribution in [2.45, 2.75) is 33.2 Å². The SMILES string of the molecule is CCC(=O)C1=C(O)C(=O)N(c2ccc(C)cc2C)C1c1cccs1. The van der Waals surface area contributed by atoms with E-state index in [-0.39, 0.29) is 17.8 Å². The molecule has 4 nitrogen and oxygen atoms in total. The van der Waals surface area contributed by atoms with E-state index in [1.54, 1.807) is 11.8 Å². The highest BCUT2D eigenvalue weighted by Crippen LogP contribution is 2.43. The third kappa shape index (κ3) is 2.55. The minimum absolute atomic E-state index is 0.199.